The summed E-state index contributed by atoms with van der Waals surface area (Å²) in [5.41, 5.74) is 4.35. The number of hydrogen-bond acceptors (Lipinski definition) is 7. The van der Waals surface area contributed by atoms with E-state index < -0.39 is 0 Å². The molecule has 7 nitrogen and oxygen atoms in total. The van der Waals surface area contributed by atoms with E-state index in [9.17, 15) is 4.79 Å². The lowest BCUT2D eigenvalue weighted by Crippen LogP contribution is -2.14. The van der Waals surface area contributed by atoms with E-state index in [0.29, 0.717) is 33.4 Å². The Balaban J connectivity index is 1.32. The number of aromatic nitrogens is 4. The maximum atomic E-state index is 12.5. The van der Waals surface area contributed by atoms with Crippen molar-refractivity contribution in [1.82, 2.24) is 19.7 Å². The van der Waals surface area contributed by atoms with Crippen molar-refractivity contribution in [1.29, 1.82) is 0 Å². The standard InChI is InChI=1S/C24H24ClN5O2S2/c1-4-30-21(12-32-19-9-7-18(25)8-10-19)28-29-24(30)34-14-22(31)27-23-26-20(13-33-23)17-6-5-15(2)16(3)11-17/h5-11,13H,4,12,14H2,1-3H3,(H,26,27,31). The van der Waals surface area contributed by atoms with E-state index in [1.807, 2.05) is 22.9 Å². The number of nitrogens with one attached hydrogen (secondary N) is 1. The van der Waals surface area contributed by atoms with Gasteiger partial charge in [-0.25, -0.2) is 4.98 Å². The molecule has 0 atom stereocenters. The van der Waals surface area contributed by atoms with Crippen LogP contribution in [0, 0.1) is 13.8 Å². The molecule has 0 saturated carbocycles. The fraction of sp³-hybridized carbons (Fsp3) is 0.250. The number of carbonyl (C=O) groups excluding carboxylic acids is 1. The van der Waals surface area contributed by atoms with Crippen LogP contribution in [-0.4, -0.2) is 31.4 Å². The van der Waals surface area contributed by atoms with Crippen LogP contribution >= 0.6 is 34.7 Å². The molecule has 34 heavy (non-hydrogen) atoms. The van der Waals surface area contributed by atoms with Crippen LogP contribution < -0.4 is 10.1 Å². The molecule has 2 heterocycles. The summed E-state index contributed by atoms with van der Waals surface area (Å²) in [6.07, 6.45) is 0. The second-order valence-corrected chi connectivity index (χ2v) is 9.80. The zero-order valence-corrected chi connectivity index (χ0v) is 21.4. The van der Waals surface area contributed by atoms with Crippen LogP contribution in [0.25, 0.3) is 11.3 Å². The normalized spacial score (nSPS) is 10.9. The molecule has 0 saturated heterocycles. The van der Waals surface area contributed by atoms with Crippen LogP contribution in [0.4, 0.5) is 5.13 Å². The summed E-state index contributed by atoms with van der Waals surface area (Å²) in [6.45, 7) is 7.11. The molecule has 0 spiro atoms. The second-order valence-electron chi connectivity index (χ2n) is 7.56. The molecule has 0 aliphatic heterocycles. The molecule has 0 bridgehead atoms. The van der Waals surface area contributed by atoms with Gasteiger partial charge in [-0.05, 0) is 62.2 Å². The predicted molar refractivity (Wildman–Crippen MR) is 138 cm³/mol. The van der Waals surface area contributed by atoms with Gasteiger partial charge in [0, 0.05) is 22.5 Å². The maximum Gasteiger partial charge on any atom is 0.236 e. The number of ether oxygens (including phenoxy) is 1. The summed E-state index contributed by atoms with van der Waals surface area (Å²) in [4.78, 5) is 17.1. The van der Waals surface area contributed by atoms with E-state index in [0.717, 1.165) is 11.3 Å². The summed E-state index contributed by atoms with van der Waals surface area (Å²) >= 11 is 8.65. The maximum absolute atomic E-state index is 12.5. The lowest BCUT2D eigenvalue weighted by Gasteiger charge is -2.09. The number of rotatable bonds is 9. The molecule has 2 aromatic carbocycles. The Hall–Kier alpha value is -2.88. The smallest absolute Gasteiger partial charge is 0.236 e. The Kier molecular flexibility index (Phi) is 7.87. The van der Waals surface area contributed by atoms with Gasteiger partial charge >= 0.3 is 0 Å². The minimum Gasteiger partial charge on any atom is -0.486 e. The monoisotopic (exact) mass is 513 g/mol. The molecule has 4 aromatic rings. The molecule has 2 aromatic heterocycles. The van der Waals surface area contributed by atoms with Gasteiger partial charge in [-0.3, -0.25) is 4.79 Å². The van der Waals surface area contributed by atoms with E-state index in [1.54, 1.807) is 24.3 Å². The van der Waals surface area contributed by atoms with Crippen molar-refractivity contribution in [3.63, 3.8) is 0 Å². The van der Waals surface area contributed by atoms with Crippen LogP contribution in [0.15, 0.2) is 53.0 Å². The van der Waals surface area contributed by atoms with E-state index in [1.165, 1.54) is 34.2 Å². The van der Waals surface area contributed by atoms with Crippen molar-refractivity contribution in [2.75, 3.05) is 11.1 Å². The molecular formula is C24H24ClN5O2S2. The summed E-state index contributed by atoms with van der Waals surface area (Å²) < 4.78 is 7.72. The predicted octanol–water partition coefficient (Wildman–Crippen LogP) is 6.00. The third-order valence-electron chi connectivity index (χ3n) is 5.18. The molecule has 1 N–H and O–H groups in total. The van der Waals surface area contributed by atoms with Crippen LogP contribution in [0.3, 0.4) is 0 Å². The summed E-state index contributed by atoms with van der Waals surface area (Å²) in [5, 5.41) is 15.2. The molecule has 0 aliphatic carbocycles. The van der Waals surface area contributed by atoms with Crippen molar-refractivity contribution in [2.45, 2.75) is 39.1 Å². The Morgan fingerprint density at radius 1 is 1.15 bits per heavy atom. The molecule has 0 fully saturated rings. The number of anilines is 1. The fourth-order valence-corrected chi connectivity index (χ4v) is 4.86. The molecule has 0 aliphatic rings. The Morgan fingerprint density at radius 3 is 2.68 bits per heavy atom. The zero-order chi connectivity index (χ0) is 24.1. The first-order chi connectivity index (χ1) is 16.4. The van der Waals surface area contributed by atoms with Gasteiger partial charge in [0.15, 0.2) is 16.1 Å². The molecule has 10 heteroatoms. The number of carbonyl (C=O) groups is 1. The van der Waals surface area contributed by atoms with Gasteiger partial charge in [0.2, 0.25) is 5.91 Å². The van der Waals surface area contributed by atoms with Gasteiger partial charge in [-0.1, -0.05) is 35.5 Å². The van der Waals surface area contributed by atoms with E-state index >= 15 is 0 Å². The number of thioether (sulfide) groups is 1. The second kappa shape index (κ2) is 11.0. The van der Waals surface area contributed by atoms with Crippen LogP contribution in [0.5, 0.6) is 5.75 Å². The first-order valence-electron chi connectivity index (χ1n) is 10.7. The summed E-state index contributed by atoms with van der Waals surface area (Å²) in [7, 11) is 0. The van der Waals surface area contributed by atoms with Gasteiger partial charge < -0.3 is 14.6 Å². The minimum absolute atomic E-state index is 0.143. The number of amides is 1. The topological polar surface area (TPSA) is 81.9 Å². The number of hydrogen-bond donors (Lipinski definition) is 1. The van der Waals surface area contributed by atoms with Gasteiger partial charge in [0.25, 0.3) is 0 Å². The third kappa shape index (κ3) is 5.97. The number of thiazole rings is 1. The highest BCUT2D eigenvalue weighted by Crippen LogP contribution is 2.27. The van der Waals surface area contributed by atoms with Gasteiger partial charge in [0.1, 0.15) is 12.4 Å². The number of benzene rings is 2. The molecule has 4 rings (SSSR count). The van der Waals surface area contributed by atoms with E-state index in [4.69, 9.17) is 16.3 Å². The lowest BCUT2D eigenvalue weighted by atomic mass is 10.1. The zero-order valence-electron chi connectivity index (χ0n) is 19.0. The third-order valence-corrected chi connectivity index (χ3v) is 7.15. The van der Waals surface area contributed by atoms with Gasteiger partial charge in [-0.15, -0.1) is 21.5 Å². The minimum atomic E-state index is -0.143. The quantitative estimate of drug-likeness (QED) is 0.276. The van der Waals surface area contributed by atoms with Gasteiger partial charge in [-0.2, -0.15) is 0 Å². The lowest BCUT2D eigenvalue weighted by molar-refractivity contribution is -0.113. The van der Waals surface area contributed by atoms with Crippen LogP contribution in [0.2, 0.25) is 5.02 Å². The molecule has 1 amide bonds. The molecule has 0 unspecified atom stereocenters. The highest BCUT2D eigenvalue weighted by Gasteiger charge is 2.15. The van der Waals surface area contributed by atoms with Gasteiger partial charge in [0.05, 0.1) is 11.4 Å². The van der Waals surface area contributed by atoms with Crippen molar-refractivity contribution >= 4 is 45.7 Å². The Bertz CT molecular complexity index is 1290. The fourth-order valence-electron chi connectivity index (χ4n) is 3.18. The van der Waals surface area contributed by atoms with Crippen LogP contribution in [0.1, 0.15) is 23.9 Å². The first-order valence-corrected chi connectivity index (χ1v) is 12.9. The highest BCUT2D eigenvalue weighted by atomic mass is 35.5. The number of aryl methyl sites for hydroxylation is 2. The summed E-state index contributed by atoms with van der Waals surface area (Å²) in [6, 6.07) is 13.4. The van der Waals surface area contributed by atoms with E-state index in [2.05, 4.69) is 46.5 Å². The largest absolute Gasteiger partial charge is 0.486 e. The number of halogens is 1. The molecular weight excluding hydrogens is 490 g/mol. The van der Waals surface area contributed by atoms with Crippen molar-refractivity contribution < 1.29 is 9.53 Å². The van der Waals surface area contributed by atoms with Crippen LogP contribution in [-0.2, 0) is 17.9 Å². The first kappa shape index (κ1) is 24.3. The SMILES string of the molecule is CCn1c(COc2ccc(Cl)cc2)nnc1SCC(=O)Nc1nc(-c2ccc(C)c(C)c2)cs1. The molecule has 176 valence electrons. The highest BCUT2D eigenvalue weighted by molar-refractivity contribution is 7.99. The van der Waals surface area contributed by atoms with Crippen molar-refractivity contribution in [2.24, 2.45) is 0 Å². The Labute approximate surface area is 211 Å². The van der Waals surface area contributed by atoms with Crippen molar-refractivity contribution in [3.8, 4) is 17.0 Å². The average molecular weight is 514 g/mol. The van der Waals surface area contributed by atoms with Crippen molar-refractivity contribution in [3.05, 3.63) is 69.8 Å². The Morgan fingerprint density at radius 2 is 1.94 bits per heavy atom. The average Bonchev–Trinajstić information content (AvgIpc) is 3.45. The summed E-state index contributed by atoms with van der Waals surface area (Å²) in [5.74, 6) is 1.45. The van der Waals surface area contributed by atoms with E-state index in [-0.39, 0.29) is 18.3 Å². The molecule has 0 radical (unpaired) electrons. The number of nitrogens with zero attached hydrogens (tertiary/aromatic N) is 4.